The topological polar surface area (TPSA) is 99.0 Å². The number of aryl methyl sites for hydroxylation is 2. The molecule has 0 aliphatic heterocycles. The molecule has 0 aliphatic carbocycles. The van der Waals surface area contributed by atoms with Crippen LogP contribution in [0.3, 0.4) is 0 Å². The second-order valence-corrected chi connectivity index (χ2v) is 4.09. The zero-order valence-corrected chi connectivity index (χ0v) is 10.3. The van der Waals surface area contributed by atoms with Crippen molar-refractivity contribution in [1.29, 1.82) is 0 Å². The molecule has 0 spiro atoms. The number of amides is 1. The number of anilines is 3. The van der Waals surface area contributed by atoms with E-state index in [0.29, 0.717) is 22.8 Å². The number of nitrogens with two attached hydrogens (primary N) is 2. The summed E-state index contributed by atoms with van der Waals surface area (Å²) in [6.45, 7) is 1.95. The van der Waals surface area contributed by atoms with Gasteiger partial charge in [0, 0.05) is 24.4 Å². The Balaban J connectivity index is 2.33. The van der Waals surface area contributed by atoms with Gasteiger partial charge in [-0.1, -0.05) is 0 Å². The van der Waals surface area contributed by atoms with Crippen LogP contribution in [-0.2, 0) is 7.05 Å². The summed E-state index contributed by atoms with van der Waals surface area (Å²) in [5, 5.41) is 7.32. The van der Waals surface area contributed by atoms with E-state index >= 15 is 0 Å². The van der Waals surface area contributed by atoms with Gasteiger partial charge < -0.3 is 16.8 Å². The number of rotatable bonds is 3. The number of aromatic nitrogens is 2. The van der Waals surface area contributed by atoms with Crippen LogP contribution in [0.2, 0.25) is 0 Å². The Hall–Kier alpha value is -2.50. The zero-order valence-electron chi connectivity index (χ0n) is 10.3. The quantitative estimate of drug-likeness (QED) is 0.706. The first-order valence-corrected chi connectivity index (χ1v) is 5.44. The summed E-state index contributed by atoms with van der Waals surface area (Å²) in [6, 6.07) is 6.73. The summed E-state index contributed by atoms with van der Waals surface area (Å²) in [4.78, 5) is 11.1. The van der Waals surface area contributed by atoms with E-state index in [-0.39, 0.29) is 0 Å². The number of hydrogen-bond acceptors (Lipinski definition) is 4. The maximum atomic E-state index is 11.1. The number of nitrogens with zero attached hydrogens (tertiary/aromatic N) is 2. The molecule has 18 heavy (non-hydrogen) atoms. The van der Waals surface area contributed by atoms with Crippen LogP contribution in [0.25, 0.3) is 0 Å². The van der Waals surface area contributed by atoms with E-state index in [4.69, 9.17) is 11.5 Å². The van der Waals surface area contributed by atoms with Crippen LogP contribution in [-0.4, -0.2) is 15.7 Å². The van der Waals surface area contributed by atoms with Gasteiger partial charge in [0.15, 0.2) is 5.82 Å². The van der Waals surface area contributed by atoms with Gasteiger partial charge in [-0.25, -0.2) is 0 Å². The maximum Gasteiger partial charge on any atom is 0.248 e. The molecule has 1 aromatic carbocycles. The van der Waals surface area contributed by atoms with Gasteiger partial charge in [-0.05, 0) is 25.1 Å². The van der Waals surface area contributed by atoms with Gasteiger partial charge in [0.05, 0.1) is 11.4 Å². The third-order valence-electron chi connectivity index (χ3n) is 2.71. The first-order valence-electron chi connectivity index (χ1n) is 5.44. The lowest BCUT2D eigenvalue weighted by molar-refractivity contribution is 0.100. The third kappa shape index (κ3) is 2.27. The fourth-order valence-corrected chi connectivity index (χ4v) is 1.58. The number of nitrogen functional groups attached to an aromatic ring is 1. The first kappa shape index (κ1) is 12.0. The Kier molecular flexibility index (Phi) is 2.93. The van der Waals surface area contributed by atoms with E-state index in [2.05, 4.69) is 10.4 Å². The molecule has 0 saturated carbocycles. The number of carbonyl (C=O) groups is 1. The van der Waals surface area contributed by atoms with Crippen molar-refractivity contribution in [3.63, 3.8) is 0 Å². The standard InChI is InChI=1S/C12H15N5O/c1-7-5-11(16-17(7)2)15-10-6-8(12(14)18)3-4-9(10)13/h3-6H,13H2,1-2H3,(H2,14,18)(H,15,16). The van der Waals surface area contributed by atoms with Crippen molar-refractivity contribution in [3.8, 4) is 0 Å². The molecule has 1 amide bonds. The van der Waals surface area contributed by atoms with E-state index < -0.39 is 5.91 Å². The molecule has 94 valence electrons. The summed E-state index contributed by atoms with van der Waals surface area (Å²) < 4.78 is 1.75. The molecule has 0 bridgehead atoms. The molecule has 0 atom stereocenters. The van der Waals surface area contributed by atoms with Gasteiger partial charge in [-0.2, -0.15) is 5.10 Å². The largest absolute Gasteiger partial charge is 0.397 e. The van der Waals surface area contributed by atoms with Crippen LogP contribution < -0.4 is 16.8 Å². The smallest absolute Gasteiger partial charge is 0.248 e. The lowest BCUT2D eigenvalue weighted by Gasteiger charge is -2.07. The van der Waals surface area contributed by atoms with Crippen molar-refractivity contribution in [2.45, 2.75) is 6.92 Å². The molecular weight excluding hydrogens is 230 g/mol. The van der Waals surface area contributed by atoms with Gasteiger partial charge in [0.1, 0.15) is 0 Å². The van der Waals surface area contributed by atoms with Gasteiger partial charge in [0.2, 0.25) is 5.91 Å². The van der Waals surface area contributed by atoms with Crippen molar-refractivity contribution < 1.29 is 4.79 Å². The summed E-state index contributed by atoms with van der Waals surface area (Å²) in [7, 11) is 1.85. The Labute approximate surface area is 105 Å². The second kappa shape index (κ2) is 4.40. The average molecular weight is 245 g/mol. The molecule has 0 unspecified atom stereocenters. The zero-order chi connectivity index (χ0) is 13.3. The van der Waals surface area contributed by atoms with Crippen LogP contribution in [0.1, 0.15) is 16.1 Å². The number of nitrogens with one attached hydrogen (secondary N) is 1. The third-order valence-corrected chi connectivity index (χ3v) is 2.71. The second-order valence-electron chi connectivity index (χ2n) is 4.09. The molecule has 0 aliphatic rings. The SMILES string of the molecule is Cc1cc(Nc2cc(C(N)=O)ccc2N)nn1C. The van der Waals surface area contributed by atoms with Crippen LogP contribution in [0.4, 0.5) is 17.2 Å². The summed E-state index contributed by atoms with van der Waals surface area (Å²) in [5.74, 6) is 0.179. The molecule has 1 heterocycles. The molecule has 0 radical (unpaired) electrons. The summed E-state index contributed by atoms with van der Waals surface area (Å²) in [6.07, 6.45) is 0. The minimum absolute atomic E-state index is 0.402. The normalized spacial score (nSPS) is 10.3. The number of carbonyl (C=O) groups excluding carboxylic acids is 1. The number of primary amides is 1. The predicted octanol–water partition coefficient (Wildman–Crippen LogP) is 1.15. The fraction of sp³-hybridized carbons (Fsp3) is 0.167. The van der Waals surface area contributed by atoms with Crippen molar-refractivity contribution in [3.05, 3.63) is 35.5 Å². The van der Waals surface area contributed by atoms with Gasteiger partial charge in [-0.15, -0.1) is 0 Å². The van der Waals surface area contributed by atoms with Gasteiger partial charge in [0.25, 0.3) is 0 Å². The Morgan fingerprint density at radius 1 is 1.39 bits per heavy atom. The van der Waals surface area contributed by atoms with E-state index in [1.807, 2.05) is 20.0 Å². The minimum Gasteiger partial charge on any atom is -0.397 e. The predicted molar refractivity (Wildman–Crippen MR) is 70.6 cm³/mol. The monoisotopic (exact) mass is 245 g/mol. The Bertz CT molecular complexity index is 583. The lowest BCUT2D eigenvalue weighted by Crippen LogP contribution is -2.11. The molecule has 6 nitrogen and oxygen atoms in total. The highest BCUT2D eigenvalue weighted by Crippen LogP contribution is 2.23. The Morgan fingerprint density at radius 2 is 2.11 bits per heavy atom. The van der Waals surface area contributed by atoms with Gasteiger partial charge in [-0.3, -0.25) is 9.48 Å². The highest BCUT2D eigenvalue weighted by Gasteiger charge is 2.07. The van der Waals surface area contributed by atoms with Crippen LogP contribution in [0, 0.1) is 6.92 Å². The van der Waals surface area contributed by atoms with Crippen LogP contribution >= 0.6 is 0 Å². The molecule has 0 fully saturated rings. The van der Waals surface area contributed by atoms with E-state index in [0.717, 1.165) is 5.69 Å². The molecule has 0 saturated heterocycles. The van der Waals surface area contributed by atoms with Crippen molar-refractivity contribution in [2.24, 2.45) is 12.8 Å². The first-order chi connectivity index (χ1) is 8.47. The minimum atomic E-state index is -0.491. The number of hydrogen-bond donors (Lipinski definition) is 3. The fourth-order valence-electron chi connectivity index (χ4n) is 1.58. The van der Waals surface area contributed by atoms with E-state index in [1.54, 1.807) is 22.9 Å². The van der Waals surface area contributed by atoms with Crippen molar-refractivity contribution in [1.82, 2.24) is 9.78 Å². The van der Waals surface area contributed by atoms with Crippen molar-refractivity contribution in [2.75, 3.05) is 11.1 Å². The highest BCUT2D eigenvalue weighted by atomic mass is 16.1. The molecule has 2 rings (SSSR count). The Morgan fingerprint density at radius 3 is 2.67 bits per heavy atom. The van der Waals surface area contributed by atoms with Crippen molar-refractivity contribution >= 4 is 23.1 Å². The maximum absolute atomic E-state index is 11.1. The molecule has 6 heteroatoms. The molecule has 1 aromatic heterocycles. The van der Waals surface area contributed by atoms with Gasteiger partial charge >= 0.3 is 0 Å². The average Bonchev–Trinajstić information content (AvgIpc) is 2.61. The highest BCUT2D eigenvalue weighted by molar-refractivity contribution is 5.95. The molecular formula is C12H15N5O. The summed E-state index contributed by atoms with van der Waals surface area (Å²) in [5.41, 5.74) is 13.6. The number of benzene rings is 1. The van der Waals surface area contributed by atoms with E-state index in [1.165, 1.54) is 0 Å². The lowest BCUT2D eigenvalue weighted by atomic mass is 10.1. The van der Waals surface area contributed by atoms with Crippen LogP contribution in [0.5, 0.6) is 0 Å². The van der Waals surface area contributed by atoms with Crippen LogP contribution in [0.15, 0.2) is 24.3 Å². The van der Waals surface area contributed by atoms with E-state index in [9.17, 15) is 4.79 Å². The summed E-state index contributed by atoms with van der Waals surface area (Å²) >= 11 is 0. The molecule has 2 aromatic rings. The molecule has 5 N–H and O–H groups in total.